The zero-order chi connectivity index (χ0) is 15.3. The molecule has 1 N–H and O–H groups in total. The van der Waals surface area contributed by atoms with E-state index >= 15 is 0 Å². The van der Waals surface area contributed by atoms with Crippen molar-refractivity contribution < 1.29 is 23.1 Å². The Morgan fingerprint density at radius 3 is 2.30 bits per heavy atom. The molecule has 0 aromatic heterocycles. The third-order valence-corrected chi connectivity index (χ3v) is 3.08. The predicted octanol–water partition coefficient (Wildman–Crippen LogP) is 3.26. The largest absolute Gasteiger partial charge is 0.481 e. The number of carboxylic acids is 1. The second-order valence-corrected chi connectivity index (χ2v) is 4.90. The predicted molar refractivity (Wildman–Crippen MR) is 69.5 cm³/mol. The highest BCUT2D eigenvalue weighted by atomic mass is 19.4. The van der Waals surface area contributed by atoms with E-state index in [1.807, 2.05) is 0 Å². The van der Waals surface area contributed by atoms with Crippen molar-refractivity contribution >= 4 is 5.97 Å². The molecule has 1 rings (SSSR count). The number of rotatable bonds is 6. The van der Waals surface area contributed by atoms with Gasteiger partial charge in [0.15, 0.2) is 0 Å². The van der Waals surface area contributed by atoms with Crippen molar-refractivity contribution in [1.29, 1.82) is 0 Å². The molecule has 1 unspecified atom stereocenters. The maximum Gasteiger partial charge on any atom is 0.390 e. The summed E-state index contributed by atoms with van der Waals surface area (Å²) in [5.74, 6) is -1.49. The van der Waals surface area contributed by atoms with E-state index in [4.69, 9.17) is 5.11 Å². The van der Waals surface area contributed by atoms with E-state index in [0.29, 0.717) is 12.1 Å². The minimum Gasteiger partial charge on any atom is -0.481 e. The monoisotopic (exact) mass is 289 g/mol. The van der Waals surface area contributed by atoms with Crippen LogP contribution in [-0.4, -0.2) is 35.7 Å². The van der Waals surface area contributed by atoms with E-state index < -0.39 is 24.5 Å². The van der Waals surface area contributed by atoms with Gasteiger partial charge in [0, 0.05) is 13.1 Å². The fourth-order valence-corrected chi connectivity index (χ4v) is 1.76. The Hall–Kier alpha value is -1.56. The number of alkyl halides is 3. The molecular formula is C14H18F3NO2. The van der Waals surface area contributed by atoms with Gasteiger partial charge < -0.3 is 10.0 Å². The highest BCUT2D eigenvalue weighted by Crippen LogP contribution is 2.20. The van der Waals surface area contributed by atoms with Crippen LogP contribution in [0.5, 0.6) is 0 Å². The van der Waals surface area contributed by atoms with E-state index in [0.717, 1.165) is 5.56 Å². The third kappa shape index (κ3) is 5.61. The number of aliphatic carboxylic acids is 1. The van der Waals surface area contributed by atoms with Crippen LogP contribution in [0.25, 0.3) is 0 Å². The van der Waals surface area contributed by atoms with E-state index in [-0.39, 0.29) is 6.54 Å². The smallest absolute Gasteiger partial charge is 0.390 e. The van der Waals surface area contributed by atoms with Gasteiger partial charge in [-0.25, -0.2) is 0 Å². The quantitative estimate of drug-likeness (QED) is 0.874. The summed E-state index contributed by atoms with van der Waals surface area (Å²) in [5, 5.41) is 8.88. The van der Waals surface area contributed by atoms with Gasteiger partial charge in [0.05, 0.1) is 12.3 Å². The summed E-state index contributed by atoms with van der Waals surface area (Å²) in [7, 11) is 1.62. The maximum absolute atomic E-state index is 12.1. The summed E-state index contributed by atoms with van der Waals surface area (Å²) in [4.78, 5) is 12.4. The van der Waals surface area contributed by atoms with Gasteiger partial charge in [0.25, 0.3) is 0 Å². The Labute approximate surface area is 116 Å². The van der Waals surface area contributed by atoms with Crippen molar-refractivity contribution in [2.75, 3.05) is 13.6 Å². The number of carbonyl (C=O) groups is 1. The Bertz CT molecular complexity index is 443. The lowest BCUT2D eigenvalue weighted by Gasteiger charge is -2.18. The molecule has 1 atom stereocenters. The first kappa shape index (κ1) is 16.5. The van der Waals surface area contributed by atoms with Gasteiger partial charge in [-0.05, 0) is 25.1 Å². The van der Waals surface area contributed by atoms with Crippen LogP contribution in [-0.2, 0) is 11.3 Å². The second kappa shape index (κ2) is 6.74. The van der Waals surface area contributed by atoms with Crippen molar-refractivity contribution in [3.63, 3.8) is 0 Å². The number of benzene rings is 1. The molecule has 0 heterocycles. The maximum atomic E-state index is 12.1. The second-order valence-electron chi connectivity index (χ2n) is 4.90. The summed E-state index contributed by atoms with van der Waals surface area (Å²) in [6, 6.07) is 6.90. The molecule has 0 saturated carbocycles. The minimum atomic E-state index is -4.14. The first-order valence-electron chi connectivity index (χ1n) is 6.26. The number of hydrogen-bond acceptors (Lipinski definition) is 2. The zero-order valence-corrected chi connectivity index (χ0v) is 11.4. The zero-order valence-electron chi connectivity index (χ0n) is 11.4. The van der Waals surface area contributed by atoms with Gasteiger partial charge in [0.1, 0.15) is 0 Å². The van der Waals surface area contributed by atoms with Crippen LogP contribution in [0.1, 0.15) is 30.4 Å². The summed E-state index contributed by atoms with van der Waals surface area (Å²) in [6.07, 6.45) is -4.98. The van der Waals surface area contributed by atoms with Crippen LogP contribution in [0.2, 0.25) is 0 Å². The third-order valence-electron chi connectivity index (χ3n) is 3.08. The standard InChI is InChI=1S/C14H18F3NO2/c1-10(13(19)20)12-5-3-11(4-6-12)9-18(2)8-7-14(15,16)17/h3-6,10H,7-9H2,1-2H3,(H,19,20). The average Bonchev–Trinajstić information content (AvgIpc) is 2.35. The first-order valence-corrected chi connectivity index (χ1v) is 6.26. The molecule has 0 saturated heterocycles. The average molecular weight is 289 g/mol. The van der Waals surface area contributed by atoms with E-state index in [1.165, 1.54) is 0 Å². The highest BCUT2D eigenvalue weighted by Gasteiger charge is 2.27. The van der Waals surface area contributed by atoms with Gasteiger partial charge in [-0.3, -0.25) is 4.79 Å². The first-order chi connectivity index (χ1) is 9.19. The lowest BCUT2D eigenvalue weighted by Crippen LogP contribution is -2.24. The number of nitrogens with zero attached hydrogens (tertiary/aromatic N) is 1. The van der Waals surface area contributed by atoms with Crippen molar-refractivity contribution in [2.24, 2.45) is 0 Å². The highest BCUT2D eigenvalue weighted by molar-refractivity contribution is 5.75. The molecule has 0 aliphatic rings. The number of hydrogen-bond donors (Lipinski definition) is 1. The van der Waals surface area contributed by atoms with E-state index in [9.17, 15) is 18.0 Å². The van der Waals surface area contributed by atoms with Gasteiger partial charge in [-0.1, -0.05) is 24.3 Å². The minimum absolute atomic E-state index is 0.0587. The Kier molecular flexibility index (Phi) is 5.56. The molecule has 0 fully saturated rings. The fraction of sp³-hybridized carbons (Fsp3) is 0.500. The Morgan fingerprint density at radius 2 is 1.85 bits per heavy atom. The summed E-state index contributed by atoms with van der Waals surface area (Å²) < 4.78 is 36.3. The van der Waals surface area contributed by atoms with Gasteiger partial charge in [-0.2, -0.15) is 13.2 Å². The molecule has 0 bridgehead atoms. The summed E-state index contributed by atoms with van der Waals surface area (Å²) >= 11 is 0. The van der Waals surface area contributed by atoms with E-state index in [1.54, 1.807) is 43.1 Å². The number of halogens is 3. The molecule has 112 valence electrons. The molecule has 0 radical (unpaired) electrons. The molecule has 1 aromatic rings. The van der Waals surface area contributed by atoms with Crippen LogP contribution in [0, 0.1) is 0 Å². The van der Waals surface area contributed by atoms with Crippen molar-refractivity contribution in [2.45, 2.75) is 32.0 Å². The van der Waals surface area contributed by atoms with Crippen LogP contribution < -0.4 is 0 Å². The molecular weight excluding hydrogens is 271 g/mol. The molecule has 6 heteroatoms. The van der Waals surface area contributed by atoms with Gasteiger partial charge in [-0.15, -0.1) is 0 Å². The lowest BCUT2D eigenvalue weighted by molar-refractivity contribution is -0.138. The summed E-state index contributed by atoms with van der Waals surface area (Å²) in [6.45, 7) is 1.93. The molecule has 0 aliphatic carbocycles. The Morgan fingerprint density at radius 1 is 1.30 bits per heavy atom. The van der Waals surface area contributed by atoms with Crippen molar-refractivity contribution in [1.82, 2.24) is 4.90 Å². The molecule has 0 spiro atoms. The topological polar surface area (TPSA) is 40.5 Å². The molecule has 0 aliphatic heterocycles. The molecule has 20 heavy (non-hydrogen) atoms. The van der Waals surface area contributed by atoms with Gasteiger partial charge >= 0.3 is 12.1 Å². The van der Waals surface area contributed by atoms with Crippen LogP contribution in [0.3, 0.4) is 0 Å². The van der Waals surface area contributed by atoms with Gasteiger partial charge in [0.2, 0.25) is 0 Å². The van der Waals surface area contributed by atoms with Crippen LogP contribution >= 0.6 is 0 Å². The number of carboxylic acid groups (broad SMARTS) is 1. The fourth-order valence-electron chi connectivity index (χ4n) is 1.76. The van der Waals surface area contributed by atoms with Crippen molar-refractivity contribution in [3.8, 4) is 0 Å². The molecule has 3 nitrogen and oxygen atoms in total. The Balaban J connectivity index is 2.55. The summed E-state index contributed by atoms with van der Waals surface area (Å²) in [5.41, 5.74) is 1.54. The normalized spacial score (nSPS) is 13.5. The lowest BCUT2D eigenvalue weighted by atomic mass is 10.00. The van der Waals surface area contributed by atoms with Crippen LogP contribution in [0.15, 0.2) is 24.3 Å². The van der Waals surface area contributed by atoms with Crippen molar-refractivity contribution in [3.05, 3.63) is 35.4 Å². The molecule has 1 aromatic carbocycles. The van der Waals surface area contributed by atoms with Crippen LogP contribution in [0.4, 0.5) is 13.2 Å². The van der Waals surface area contributed by atoms with E-state index in [2.05, 4.69) is 0 Å². The SMILES string of the molecule is CC(C(=O)O)c1ccc(CN(C)CCC(F)(F)F)cc1. The molecule has 0 amide bonds.